The number of likely N-dealkylation sites (N-methyl/N-ethyl adjacent to an activating group) is 1. The van der Waals surface area contributed by atoms with Gasteiger partial charge >= 0.3 is 0 Å². The molecule has 2 heterocycles. The maximum absolute atomic E-state index is 12.4. The van der Waals surface area contributed by atoms with Crippen molar-refractivity contribution in [3.05, 3.63) is 23.9 Å². The first-order valence-corrected chi connectivity index (χ1v) is 16.0. The summed E-state index contributed by atoms with van der Waals surface area (Å²) in [4.78, 5) is 21.7. The van der Waals surface area contributed by atoms with Gasteiger partial charge in [-0.25, -0.2) is 4.98 Å². The molecule has 1 aliphatic heterocycles. The molecule has 6 heteroatoms. The van der Waals surface area contributed by atoms with E-state index in [2.05, 4.69) is 49.6 Å². The topological polar surface area (TPSA) is 48.5 Å². The molecule has 1 saturated heterocycles. The van der Waals surface area contributed by atoms with Crippen LogP contribution in [0.3, 0.4) is 0 Å². The van der Waals surface area contributed by atoms with Gasteiger partial charge in [0.1, 0.15) is 5.82 Å². The van der Waals surface area contributed by atoms with E-state index < -0.39 is 0 Å². The van der Waals surface area contributed by atoms with E-state index in [4.69, 9.17) is 0 Å². The van der Waals surface area contributed by atoms with Crippen molar-refractivity contribution in [3.8, 4) is 0 Å². The van der Waals surface area contributed by atoms with Crippen LogP contribution in [-0.2, 0) is 0 Å². The Balaban J connectivity index is 1.39. The van der Waals surface area contributed by atoms with Crippen molar-refractivity contribution in [1.82, 2.24) is 15.2 Å². The average Bonchev–Trinajstić information content (AvgIpc) is 2.90. The molecular weight excluding hydrogens is 547 g/mol. The van der Waals surface area contributed by atoms with E-state index >= 15 is 0 Å². The number of nitrogens with one attached hydrogen (secondary N) is 1. The van der Waals surface area contributed by atoms with Crippen molar-refractivity contribution in [1.29, 1.82) is 0 Å². The number of alkyl halides is 1. The molecule has 1 aromatic rings. The van der Waals surface area contributed by atoms with Crippen LogP contribution in [0.25, 0.3) is 0 Å². The second kappa shape index (κ2) is 20.2. The number of unbranched alkanes of at least 4 members (excludes halogenated alkanes) is 14. The van der Waals surface area contributed by atoms with Crippen molar-refractivity contribution < 1.29 is 4.79 Å². The number of carbonyl (C=O) groups is 1. The first-order chi connectivity index (χ1) is 17.2. The maximum Gasteiger partial charge on any atom is 0.252 e. The molecule has 5 nitrogen and oxygen atoms in total. The summed E-state index contributed by atoms with van der Waals surface area (Å²) in [6.07, 6.45) is 22.2. The molecule has 35 heavy (non-hydrogen) atoms. The monoisotopic (exact) mass is 598 g/mol. The van der Waals surface area contributed by atoms with E-state index in [9.17, 15) is 4.79 Å². The molecule has 0 saturated carbocycles. The van der Waals surface area contributed by atoms with Gasteiger partial charge < -0.3 is 15.1 Å². The van der Waals surface area contributed by atoms with E-state index in [0.717, 1.165) is 51.5 Å². The number of carbonyl (C=O) groups excluding carboxylic acids is 1. The van der Waals surface area contributed by atoms with Crippen LogP contribution in [0.4, 0.5) is 5.82 Å². The van der Waals surface area contributed by atoms with Crippen LogP contribution < -0.4 is 10.2 Å². The van der Waals surface area contributed by atoms with Gasteiger partial charge in [0.25, 0.3) is 5.91 Å². The Morgan fingerprint density at radius 3 is 1.77 bits per heavy atom. The molecule has 1 aliphatic rings. The SMILES string of the molecule is CCN1CCN(c2ccc(C(=O)NCCCCCCCCCCCCCCCCCI)cn2)CC1. The van der Waals surface area contributed by atoms with Crippen LogP contribution in [0, 0.1) is 0 Å². The Kier molecular flexibility index (Phi) is 17.5. The van der Waals surface area contributed by atoms with Crippen molar-refractivity contribution in [2.24, 2.45) is 0 Å². The third-order valence-corrected chi connectivity index (χ3v) is 8.01. The van der Waals surface area contributed by atoms with Gasteiger partial charge in [0.2, 0.25) is 0 Å². The van der Waals surface area contributed by atoms with E-state index in [1.54, 1.807) is 6.20 Å². The lowest BCUT2D eigenvalue weighted by molar-refractivity contribution is 0.0952. The zero-order valence-corrected chi connectivity index (χ0v) is 24.6. The number of nitrogens with zero attached hydrogens (tertiary/aromatic N) is 3. The lowest BCUT2D eigenvalue weighted by Gasteiger charge is -2.34. The maximum atomic E-state index is 12.4. The number of halogens is 1. The highest BCUT2D eigenvalue weighted by Crippen LogP contribution is 2.15. The standard InChI is InChI=1S/C29H51IN4O/c1-2-33-22-24-34(25-23-33)28-19-18-27(26-32-28)29(35)31-21-17-15-13-11-9-7-5-3-4-6-8-10-12-14-16-20-30/h18-19,26H,2-17,20-25H2,1H3,(H,31,35). The number of anilines is 1. The van der Waals surface area contributed by atoms with Crippen molar-refractivity contribution >= 4 is 34.3 Å². The summed E-state index contributed by atoms with van der Waals surface area (Å²) >= 11 is 2.48. The van der Waals surface area contributed by atoms with E-state index in [1.807, 2.05) is 12.1 Å². The molecular formula is C29H51IN4O. The number of rotatable bonds is 20. The zero-order valence-electron chi connectivity index (χ0n) is 22.4. The number of piperazine rings is 1. The first kappa shape index (κ1) is 30.3. The van der Waals surface area contributed by atoms with Crippen LogP contribution in [-0.4, -0.2) is 59.5 Å². The van der Waals surface area contributed by atoms with Crippen LogP contribution in [0.1, 0.15) is 114 Å². The molecule has 1 fully saturated rings. The lowest BCUT2D eigenvalue weighted by Crippen LogP contribution is -2.46. The predicted molar refractivity (Wildman–Crippen MR) is 159 cm³/mol. The Hall–Kier alpha value is -0.890. The second-order valence-electron chi connectivity index (χ2n) is 10.1. The lowest BCUT2D eigenvalue weighted by atomic mass is 10.0. The minimum Gasteiger partial charge on any atom is -0.354 e. The molecule has 0 unspecified atom stereocenters. The molecule has 0 aliphatic carbocycles. The van der Waals surface area contributed by atoms with Crippen molar-refractivity contribution in [2.75, 3.05) is 48.6 Å². The van der Waals surface area contributed by atoms with Gasteiger partial charge in [-0.15, -0.1) is 0 Å². The number of pyridine rings is 1. The van der Waals surface area contributed by atoms with Crippen LogP contribution in [0.15, 0.2) is 18.3 Å². The number of hydrogen-bond acceptors (Lipinski definition) is 4. The fourth-order valence-corrected chi connectivity index (χ4v) is 5.36. The highest BCUT2D eigenvalue weighted by atomic mass is 127. The molecule has 0 atom stereocenters. The molecule has 0 bridgehead atoms. The molecule has 1 amide bonds. The van der Waals surface area contributed by atoms with Crippen LogP contribution >= 0.6 is 22.6 Å². The molecule has 0 radical (unpaired) electrons. The highest BCUT2D eigenvalue weighted by molar-refractivity contribution is 14.1. The summed E-state index contributed by atoms with van der Waals surface area (Å²) in [5, 5.41) is 3.06. The Morgan fingerprint density at radius 2 is 1.31 bits per heavy atom. The molecule has 1 aromatic heterocycles. The van der Waals surface area contributed by atoms with E-state index in [-0.39, 0.29) is 5.91 Å². The van der Waals surface area contributed by atoms with E-state index in [1.165, 1.54) is 94.3 Å². The predicted octanol–water partition coefficient (Wildman–Crippen LogP) is 7.24. The average molecular weight is 599 g/mol. The fraction of sp³-hybridized carbons (Fsp3) is 0.793. The summed E-state index contributed by atoms with van der Waals surface area (Å²) < 4.78 is 1.32. The van der Waals surface area contributed by atoms with Gasteiger partial charge in [0, 0.05) is 38.9 Å². The minimum absolute atomic E-state index is 0.000452. The first-order valence-electron chi connectivity index (χ1n) is 14.5. The Labute approximate surface area is 229 Å². The normalized spacial score (nSPS) is 14.4. The highest BCUT2D eigenvalue weighted by Gasteiger charge is 2.17. The smallest absolute Gasteiger partial charge is 0.252 e. The van der Waals surface area contributed by atoms with Gasteiger partial charge in [0.05, 0.1) is 5.56 Å². The molecule has 2 rings (SSSR count). The summed E-state index contributed by atoms with van der Waals surface area (Å²) in [6.45, 7) is 8.26. The van der Waals surface area contributed by atoms with Gasteiger partial charge in [-0.05, 0) is 35.9 Å². The second-order valence-corrected chi connectivity index (χ2v) is 11.2. The number of amides is 1. The van der Waals surface area contributed by atoms with E-state index in [0.29, 0.717) is 5.56 Å². The van der Waals surface area contributed by atoms with Crippen LogP contribution in [0.2, 0.25) is 0 Å². The summed E-state index contributed by atoms with van der Waals surface area (Å²) in [7, 11) is 0. The largest absolute Gasteiger partial charge is 0.354 e. The minimum atomic E-state index is 0.000452. The Bertz CT molecular complexity index is 647. The molecule has 0 spiro atoms. The summed E-state index contributed by atoms with van der Waals surface area (Å²) in [6, 6.07) is 3.90. The molecule has 200 valence electrons. The third-order valence-electron chi connectivity index (χ3n) is 7.25. The van der Waals surface area contributed by atoms with Gasteiger partial charge in [0.15, 0.2) is 0 Å². The Morgan fingerprint density at radius 1 is 0.800 bits per heavy atom. The third kappa shape index (κ3) is 13.8. The van der Waals surface area contributed by atoms with Gasteiger partial charge in [-0.3, -0.25) is 4.79 Å². The number of aromatic nitrogens is 1. The summed E-state index contributed by atoms with van der Waals surface area (Å²) in [5.41, 5.74) is 0.664. The number of hydrogen-bond donors (Lipinski definition) is 1. The van der Waals surface area contributed by atoms with Crippen molar-refractivity contribution in [3.63, 3.8) is 0 Å². The van der Waals surface area contributed by atoms with Gasteiger partial charge in [-0.2, -0.15) is 0 Å². The summed E-state index contributed by atoms with van der Waals surface area (Å²) in [5.74, 6) is 0.982. The zero-order chi connectivity index (χ0) is 25.0. The molecule has 1 N–H and O–H groups in total. The van der Waals surface area contributed by atoms with Gasteiger partial charge in [-0.1, -0.05) is 113 Å². The van der Waals surface area contributed by atoms with Crippen molar-refractivity contribution in [2.45, 2.75) is 103 Å². The quantitative estimate of drug-likeness (QED) is 0.0977. The molecule has 0 aromatic carbocycles. The fourth-order valence-electron chi connectivity index (χ4n) is 4.82. The van der Waals surface area contributed by atoms with Crippen LogP contribution in [0.5, 0.6) is 0 Å².